The zero-order valence-corrected chi connectivity index (χ0v) is 12.8. The largest absolute Gasteiger partial charge is 0.480 e. The van der Waals surface area contributed by atoms with E-state index in [1.807, 2.05) is 6.07 Å². The van der Waals surface area contributed by atoms with Crippen LogP contribution in [0.5, 0.6) is 0 Å². The summed E-state index contributed by atoms with van der Waals surface area (Å²) >= 11 is 3.30. The number of hydrogen-bond acceptors (Lipinski definition) is 4. The number of hydrogen-bond donors (Lipinski definition) is 2. The van der Waals surface area contributed by atoms with Crippen LogP contribution in [0.2, 0.25) is 0 Å². The van der Waals surface area contributed by atoms with Crippen molar-refractivity contribution in [1.82, 2.24) is 5.32 Å². The van der Waals surface area contributed by atoms with Gasteiger partial charge in [-0.2, -0.15) is 0 Å². The summed E-state index contributed by atoms with van der Waals surface area (Å²) in [6, 6.07) is 5.91. The van der Waals surface area contributed by atoms with E-state index in [0.717, 1.165) is 17.1 Å². The Hall–Kier alpha value is -2.15. The molecule has 7 heteroatoms. The van der Waals surface area contributed by atoms with Gasteiger partial charge in [0.2, 0.25) is 5.91 Å². The minimum absolute atomic E-state index is 0.428. The second-order valence-electron chi connectivity index (χ2n) is 4.07. The first-order valence-corrected chi connectivity index (χ1v) is 6.75. The summed E-state index contributed by atoms with van der Waals surface area (Å²) in [5.41, 5.74) is 0.777. The highest BCUT2D eigenvalue weighted by molar-refractivity contribution is 9.10. The number of ether oxygens (including phenoxy) is 1. The number of carbonyl (C=O) groups is 3. The number of carboxylic acids is 1. The fourth-order valence-corrected chi connectivity index (χ4v) is 1.87. The van der Waals surface area contributed by atoms with E-state index in [2.05, 4.69) is 26.0 Å². The van der Waals surface area contributed by atoms with Gasteiger partial charge in [0.15, 0.2) is 0 Å². The molecule has 6 nitrogen and oxygen atoms in total. The van der Waals surface area contributed by atoms with E-state index in [9.17, 15) is 14.4 Å². The molecule has 0 unspecified atom stereocenters. The fourth-order valence-electron chi connectivity index (χ4n) is 1.45. The zero-order chi connectivity index (χ0) is 15.8. The van der Waals surface area contributed by atoms with Crippen molar-refractivity contribution < 1.29 is 24.2 Å². The first-order valence-electron chi connectivity index (χ1n) is 5.96. The highest BCUT2D eigenvalue weighted by atomic mass is 79.9. The van der Waals surface area contributed by atoms with Gasteiger partial charge in [0.25, 0.3) is 0 Å². The molecule has 0 radical (unpaired) electrons. The van der Waals surface area contributed by atoms with Crippen LogP contribution in [-0.2, 0) is 19.1 Å². The number of amides is 1. The van der Waals surface area contributed by atoms with Crippen LogP contribution in [0.3, 0.4) is 0 Å². The molecule has 0 saturated heterocycles. The highest BCUT2D eigenvalue weighted by Crippen LogP contribution is 2.12. The van der Waals surface area contributed by atoms with E-state index in [4.69, 9.17) is 5.11 Å². The standard InChI is InChI=1S/C14H14BrNO5/c1-21-13(18)8-11(14(19)20)16-12(17)6-5-9-3-2-4-10(15)7-9/h2-7,11H,8H2,1H3,(H,16,17)(H,19,20)/t11-/m0/s1. The third-order valence-corrected chi connectivity index (χ3v) is 2.98. The van der Waals surface area contributed by atoms with Crippen molar-refractivity contribution in [1.29, 1.82) is 0 Å². The van der Waals surface area contributed by atoms with Crippen LogP contribution in [0, 0.1) is 0 Å². The summed E-state index contributed by atoms with van der Waals surface area (Å²) in [6.07, 6.45) is 2.31. The number of nitrogens with one attached hydrogen (secondary N) is 1. The van der Waals surface area contributed by atoms with Crippen molar-refractivity contribution in [3.05, 3.63) is 40.4 Å². The van der Waals surface area contributed by atoms with Crippen LogP contribution in [0.15, 0.2) is 34.8 Å². The van der Waals surface area contributed by atoms with E-state index < -0.39 is 30.3 Å². The van der Waals surface area contributed by atoms with Crippen LogP contribution in [-0.4, -0.2) is 36.1 Å². The Morgan fingerprint density at radius 1 is 1.43 bits per heavy atom. The number of benzene rings is 1. The number of halogens is 1. The summed E-state index contributed by atoms with van der Waals surface area (Å²) in [7, 11) is 1.15. The summed E-state index contributed by atoms with van der Waals surface area (Å²) in [4.78, 5) is 33.7. The van der Waals surface area contributed by atoms with E-state index in [-0.39, 0.29) is 0 Å². The van der Waals surface area contributed by atoms with Crippen LogP contribution >= 0.6 is 15.9 Å². The predicted octanol–water partition coefficient (Wildman–Crippen LogP) is 1.59. The second-order valence-corrected chi connectivity index (χ2v) is 4.98. The molecule has 2 N–H and O–H groups in total. The van der Waals surface area contributed by atoms with Gasteiger partial charge in [0.1, 0.15) is 6.04 Å². The Morgan fingerprint density at radius 3 is 2.71 bits per heavy atom. The summed E-state index contributed by atoms with van der Waals surface area (Å²) in [5.74, 6) is -2.62. The van der Waals surface area contributed by atoms with Crippen LogP contribution < -0.4 is 5.32 Å². The molecular weight excluding hydrogens is 342 g/mol. The van der Waals surface area contributed by atoms with Crippen LogP contribution in [0.25, 0.3) is 6.08 Å². The normalized spacial score (nSPS) is 11.9. The van der Waals surface area contributed by atoms with Gasteiger partial charge in [-0.3, -0.25) is 9.59 Å². The van der Waals surface area contributed by atoms with Gasteiger partial charge in [-0.1, -0.05) is 28.1 Å². The molecule has 0 spiro atoms. The third-order valence-electron chi connectivity index (χ3n) is 2.49. The van der Waals surface area contributed by atoms with Crippen LogP contribution in [0.4, 0.5) is 0 Å². The molecule has 0 bridgehead atoms. The van der Waals surface area contributed by atoms with Crippen molar-refractivity contribution in [2.45, 2.75) is 12.5 Å². The Kier molecular flexibility index (Phi) is 6.61. The molecule has 0 saturated carbocycles. The Labute approximate surface area is 129 Å². The van der Waals surface area contributed by atoms with E-state index in [0.29, 0.717) is 0 Å². The fraction of sp³-hybridized carbons (Fsp3) is 0.214. The third kappa shape index (κ3) is 6.22. The minimum Gasteiger partial charge on any atom is -0.480 e. The maximum atomic E-state index is 11.7. The summed E-state index contributed by atoms with van der Waals surface area (Å²) in [5, 5.41) is 11.2. The lowest BCUT2D eigenvalue weighted by Gasteiger charge is -2.11. The predicted molar refractivity (Wildman–Crippen MR) is 79.4 cm³/mol. The second kappa shape index (κ2) is 8.21. The molecule has 0 aliphatic rings. The van der Waals surface area contributed by atoms with Gasteiger partial charge in [-0.15, -0.1) is 0 Å². The Bertz CT molecular complexity index is 570. The molecule has 21 heavy (non-hydrogen) atoms. The molecule has 1 amide bonds. The highest BCUT2D eigenvalue weighted by Gasteiger charge is 2.22. The van der Waals surface area contributed by atoms with Crippen molar-refractivity contribution >= 4 is 39.9 Å². The Balaban J connectivity index is 2.65. The molecule has 0 aliphatic carbocycles. The molecule has 1 aromatic carbocycles. The maximum Gasteiger partial charge on any atom is 0.326 e. The SMILES string of the molecule is COC(=O)C[C@H](NC(=O)C=Cc1cccc(Br)c1)C(=O)O. The number of rotatable bonds is 6. The molecule has 0 heterocycles. The van der Waals surface area contributed by atoms with Crippen molar-refractivity contribution in [3.63, 3.8) is 0 Å². The van der Waals surface area contributed by atoms with Gasteiger partial charge in [-0.25, -0.2) is 4.79 Å². The van der Waals surface area contributed by atoms with Gasteiger partial charge < -0.3 is 15.2 Å². The minimum atomic E-state index is -1.32. The maximum absolute atomic E-state index is 11.7. The van der Waals surface area contributed by atoms with Gasteiger partial charge in [0, 0.05) is 10.5 Å². The first kappa shape index (κ1) is 16.9. The lowest BCUT2D eigenvalue weighted by Crippen LogP contribution is -2.41. The van der Waals surface area contributed by atoms with Gasteiger partial charge in [0.05, 0.1) is 13.5 Å². The van der Waals surface area contributed by atoms with Crippen molar-refractivity contribution in [3.8, 4) is 0 Å². The van der Waals surface area contributed by atoms with Crippen molar-refractivity contribution in [2.24, 2.45) is 0 Å². The monoisotopic (exact) mass is 355 g/mol. The van der Waals surface area contributed by atoms with E-state index >= 15 is 0 Å². The van der Waals surface area contributed by atoms with Crippen molar-refractivity contribution in [2.75, 3.05) is 7.11 Å². The molecule has 0 aromatic heterocycles. The quantitative estimate of drug-likeness (QED) is 0.597. The topological polar surface area (TPSA) is 92.7 Å². The average molecular weight is 356 g/mol. The molecule has 1 aromatic rings. The lowest BCUT2D eigenvalue weighted by molar-refractivity contribution is -0.148. The van der Waals surface area contributed by atoms with E-state index in [1.54, 1.807) is 18.2 Å². The molecule has 1 rings (SSSR count). The Morgan fingerprint density at radius 2 is 2.14 bits per heavy atom. The summed E-state index contributed by atoms with van der Waals surface area (Å²) in [6.45, 7) is 0. The molecular formula is C14H14BrNO5. The number of carboxylic acid groups (broad SMARTS) is 1. The number of esters is 1. The van der Waals surface area contributed by atoms with Crippen LogP contribution in [0.1, 0.15) is 12.0 Å². The molecule has 0 fully saturated rings. The molecule has 1 atom stereocenters. The smallest absolute Gasteiger partial charge is 0.326 e. The average Bonchev–Trinajstić information content (AvgIpc) is 2.44. The lowest BCUT2D eigenvalue weighted by atomic mass is 10.2. The number of carbonyl (C=O) groups excluding carboxylic acids is 2. The zero-order valence-electron chi connectivity index (χ0n) is 11.2. The molecule has 112 valence electrons. The summed E-state index contributed by atoms with van der Waals surface area (Å²) < 4.78 is 5.24. The number of methoxy groups -OCH3 is 1. The molecule has 0 aliphatic heterocycles. The van der Waals surface area contributed by atoms with Gasteiger partial charge in [-0.05, 0) is 23.8 Å². The van der Waals surface area contributed by atoms with E-state index in [1.165, 1.54) is 12.2 Å². The first-order chi connectivity index (χ1) is 9.92. The number of aliphatic carboxylic acids is 1. The van der Waals surface area contributed by atoms with Gasteiger partial charge >= 0.3 is 11.9 Å².